The van der Waals surface area contributed by atoms with Crippen LogP contribution in [0.15, 0.2) is 0 Å². The van der Waals surface area contributed by atoms with Crippen molar-refractivity contribution in [3.8, 4) is 0 Å². The summed E-state index contributed by atoms with van der Waals surface area (Å²) >= 11 is 0. The fourth-order valence-electron chi connectivity index (χ4n) is 1.39. The van der Waals surface area contributed by atoms with Gasteiger partial charge in [-0.25, -0.2) is 0 Å². The number of nitrogens with zero attached hydrogens (tertiary/aromatic N) is 1. The first-order valence-electron chi connectivity index (χ1n) is 5.38. The molecule has 0 aromatic heterocycles. The highest BCUT2D eigenvalue weighted by Crippen LogP contribution is 2.17. The van der Waals surface area contributed by atoms with Crippen molar-refractivity contribution in [1.82, 2.24) is 4.90 Å². The van der Waals surface area contributed by atoms with Gasteiger partial charge in [-0.3, -0.25) is 9.64 Å². The molecule has 3 nitrogen and oxygen atoms in total. The highest BCUT2D eigenvalue weighted by molar-refractivity contribution is 4.82. The molecule has 16 heavy (non-hydrogen) atoms. The van der Waals surface area contributed by atoms with E-state index in [1.54, 1.807) is 0 Å². The first kappa shape index (κ1) is 15.7. The summed E-state index contributed by atoms with van der Waals surface area (Å²) in [6.45, 7) is 6.80. The predicted octanol–water partition coefficient (Wildman–Crippen LogP) is 1.97. The molecule has 98 valence electrons. The molecular formula is C10H21F3N2O. The molecular weight excluding hydrogens is 221 g/mol. The Labute approximate surface area is 94.7 Å². The Bertz CT molecular complexity index is 195. The Morgan fingerprint density at radius 3 is 2.12 bits per heavy atom. The third-order valence-corrected chi connectivity index (χ3v) is 2.48. The van der Waals surface area contributed by atoms with E-state index in [-0.39, 0.29) is 18.7 Å². The van der Waals surface area contributed by atoms with Crippen LogP contribution in [0.1, 0.15) is 27.2 Å². The number of rotatable bonds is 7. The van der Waals surface area contributed by atoms with E-state index in [1.165, 1.54) is 0 Å². The van der Waals surface area contributed by atoms with Crippen LogP contribution in [0, 0.1) is 0 Å². The summed E-state index contributed by atoms with van der Waals surface area (Å²) < 4.78 is 39.2. The number of hydrogen-bond donors (Lipinski definition) is 1. The number of halogens is 3. The lowest BCUT2D eigenvalue weighted by Gasteiger charge is -2.37. The minimum Gasteiger partial charge on any atom is -0.329 e. The molecule has 0 rings (SSSR count). The molecule has 0 saturated heterocycles. The number of alkyl halides is 3. The topological polar surface area (TPSA) is 38.5 Å². The van der Waals surface area contributed by atoms with Crippen LogP contribution in [0.2, 0.25) is 0 Å². The minimum absolute atomic E-state index is 0.234. The molecule has 0 aliphatic rings. The van der Waals surface area contributed by atoms with Crippen molar-refractivity contribution >= 4 is 0 Å². The molecule has 0 saturated carbocycles. The summed E-state index contributed by atoms with van der Waals surface area (Å²) in [7, 11) is 0. The van der Waals surface area contributed by atoms with Crippen molar-refractivity contribution in [3.63, 3.8) is 0 Å². The van der Waals surface area contributed by atoms with Gasteiger partial charge in [0.25, 0.3) is 0 Å². The van der Waals surface area contributed by atoms with E-state index >= 15 is 0 Å². The Balaban J connectivity index is 4.14. The van der Waals surface area contributed by atoms with Gasteiger partial charge in [0.05, 0.1) is 6.61 Å². The molecule has 0 atom stereocenters. The monoisotopic (exact) mass is 242 g/mol. The van der Waals surface area contributed by atoms with Crippen LogP contribution in [0.3, 0.4) is 0 Å². The second-order valence-corrected chi connectivity index (χ2v) is 4.30. The zero-order valence-electron chi connectivity index (χ0n) is 10.1. The van der Waals surface area contributed by atoms with Gasteiger partial charge in [0.1, 0.15) is 0 Å². The molecule has 0 radical (unpaired) electrons. The van der Waals surface area contributed by atoms with Crippen molar-refractivity contribution in [3.05, 3.63) is 0 Å². The van der Waals surface area contributed by atoms with Crippen LogP contribution in [-0.2, 0) is 4.74 Å². The van der Waals surface area contributed by atoms with Gasteiger partial charge in [0.2, 0.25) is 0 Å². The molecule has 0 heterocycles. The third-order valence-electron chi connectivity index (χ3n) is 2.48. The van der Waals surface area contributed by atoms with E-state index in [1.807, 2.05) is 25.7 Å². The fraction of sp³-hybridized carbons (Fsp3) is 1.00. The van der Waals surface area contributed by atoms with Crippen molar-refractivity contribution < 1.29 is 17.9 Å². The van der Waals surface area contributed by atoms with Gasteiger partial charge in [-0.1, -0.05) is 6.92 Å². The molecule has 0 aromatic rings. The summed E-state index contributed by atoms with van der Waals surface area (Å²) in [5.41, 5.74) is 5.29. The van der Waals surface area contributed by atoms with E-state index in [4.69, 9.17) is 5.73 Å². The van der Waals surface area contributed by atoms with Gasteiger partial charge in [-0.05, 0) is 26.8 Å². The van der Waals surface area contributed by atoms with Gasteiger partial charge in [0.15, 0.2) is 0 Å². The van der Waals surface area contributed by atoms with Gasteiger partial charge >= 0.3 is 6.36 Å². The van der Waals surface area contributed by atoms with Crippen molar-refractivity contribution in [2.75, 3.05) is 26.2 Å². The highest BCUT2D eigenvalue weighted by atomic mass is 19.4. The largest absolute Gasteiger partial charge is 0.522 e. The van der Waals surface area contributed by atoms with E-state index in [0.717, 1.165) is 6.42 Å². The molecule has 0 aliphatic heterocycles. The molecule has 0 amide bonds. The highest BCUT2D eigenvalue weighted by Gasteiger charge is 2.30. The van der Waals surface area contributed by atoms with Gasteiger partial charge < -0.3 is 5.73 Å². The Morgan fingerprint density at radius 1 is 1.19 bits per heavy atom. The quantitative estimate of drug-likeness (QED) is 0.741. The van der Waals surface area contributed by atoms with E-state index in [0.29, 0.717) is 13.1 Å². The Hall–Kier alpha value is -0.330. The Kier molecular flexibility index (Phi) is 6.28. The maximum Gasteiger partial charge on any atom is 0.522 e. The van der Waals surface area contributed by atoms with Crippen LogP contribution in [0.25, 0.3) is 0 Å². The molecule has 0 aromatic carbocycles. The molecule has 0 spiro atoms. The SMILES string of the molecule is CCCN(CCOC(F)(F)F)C(C)(C)CN. The van der Waals surface area contributed by atoms with E-state index in [9.17, 15) is 13.2 Å². The average Bonchev–Trinajstić information content (AvgIpc) is 2.14. The first-order chi connectivity index (χ1) is 7.23. The number of ether oxygens (including phenoxy) is 1. The summed E-state index contributed by atoms with van der Waals surface area (Å²) in [5, 5.41) is 0. The van der Waals surface area contributed by atoms with E-state index < -0.39 is 6.36 Å². The molecule has 0 aliphatic carbocycles. The maximum atomic E-state index is 11.8. The standard InChI is InChI=1S/C10H21F3N2O/c1-4-5-15(9(2,3)8-14)6-7-16-10(11,12)13/h4-8,14H2,1-3H3. The lowest BCUT2D eigenvalue weighted by Crippen LogP contribution is -2.51. The molecule has 0 fully saturated rings. The average molecular weight is 242 g/mol. The van der Waals surface area contributed by atoms with Crippen LogP contribution in [-0.4, -0.2) is 43.0 Å². The van der Waals surface area contributed by atoms with Gasteiger partial charge in [0, 0.05) is 18.6 Å². The number of hydrogen-bond acceptors (Lipinski definition) is 3. The Morgan fingerprint density at radius 2 is 1.75 bits per heavy atom. The van der Waals surface area contributed by atoms with E-state index in [2.05, 4.69) is 4.74 Å². The summed E-state index contributed by atoms with van der Waals surface area (Å²) in [5.74, 6) is 0. The van der Waals surface area contributed by atoms with Gasteiger partial charge in [-0.15, -0.1) is 13.2 Å². The van der Waals surface area contributed by atoms with Crippen molar-refractivity contribution in [2.24, 2.45) is 5.73 Å². The van der Waals surface area contributed by atoms with Crippen LogP contribution >= 0.6 is 0 Å². The summed E-state index contributed by atoms with van der Waals surface area (Å²) in [6, 6.07) is 0. The van der Waals surface area contributed by atoms with Crippen molar-refractivity contribution in [2.45, 2.75) is 39.1 Å². The smallest absolute Gasteiger partial charge is 0.329 e. The van der Waals surface area contributed by atoms with Crippen molar-refractivity contribution in [1.29, 1.82) is 0 Å². The summed E-state index contributed by atoms with van der Waals surface area (Å²) in [6.07, 6.45) is -3.68. The predicted molar refractivity (Wildman–Crippen MR) is 57.0 cm³/mol. The maximum absolute atomic E-state index is 11.8. The second kappa shape index (κ2) is 6.42. The minimum atomic E-state index is -4.55. The van der Waals surface area contributed by atoms with Crippen LogP contribution < -0.4 is 5.73 Å². The molecule has 0 bridgehead atoms. The molecule has 2 N–H and O–H groups in total. The van der Waals surface area contributed by atoms with Crippen LogP contribution in [0.4, 0.5) is 13.2 Å². The zero-order valence-corrected chi connectivity index (χ0v) is 10.1. The normalized spacial score (nSPS) is 13.5. The second-order valence-electron chi connectivity index (χ2n) is 4.30. The zero-order chi connectivity index (χ0) is 12.8. The lowest BCUT2D eigenvalue weighted by atomic mass is 10.0. The van der Waals surface area contributed by atoms with Gasteiger partial charge in [-0.2, -0.15) is 0 Å². The number of nitrogens with two attached hydrogens (primary N) is 1. The molecule has 0 unspecified atom stereocenters. The molecule has 6 heteroatoms. The fourth-order valence-corrected chi connectivity index (χ4v) is 1.39. The first-order valence-corrected chi connectivity index (χ1v) is 5.38. The summed E-state index contributed by atoms with van der Waals surface area (Å²) in [4.78, 5) is 1.92. The lowest BCUT2D eigenvalue weighted by molar-refractivity contribution is -0.325. The van der Waals surface area contributed by atoms with Crippen LogP contribution in [0.5, 0.6) is 0 Å². The third kappa shape index (κ3) is 6.30.